The predicted octanol–water partition coefficient (Wildman–Crippen LogP) is 0.414. The summed E-state index contributed by atoms with van der Waals surface area (Å²) in [6, 6.07) is 0. The second kappa shape index (κ2) is 5.55. The van der Waals surface area contributed by atoms with Crippen molar-refractivity contribution in [3.63, 3.8) is 0 Å². The van der Waals surface area contributed by atoms with Crippen LogP contribution in [-0.2, 0) is 9.59 Å². The Labute approximate surface area is 102 Å². The van der Waals surface area contributed by atoms with E-state index in [-0.39, 0.29) is 0 Å². The van der Waals surface area contributed by atoms with Crippen LogP contribution in [0.1, 0.15) is 6.42 Å². The maximum absolute atomic E-state index is 12.3. The van der Waals surface area contributed by atoms with Gasteiger partial charge >= 0.3 is 12.1 Å². The fourth-order valence-electron chi connectivity index (χ4n) is 1.99. The maximum Gasteiger partial charge on any atom is 0.406 e. The highest BCUT2D eigenvalue weighted by molar-refractivity contribution is 5.83. The molecule has 0 radical (unpaired) electrons. The van der Waals surface area contributed by atoms with E-state index in [9.17, 15) is 22.8 Å². The van der Waals surface area contributed by atoms with Gasteiger partial charge in [0.15, 0.2) is 0 Å². The second-order valence-electron chi connectivity index (χ2n) is 4.45. The number of carboxylic acid groups (broad SMARTS) is 1. The Morgan fingerprint density at radius 3 is 2.44 bits per heavy atom. The number of nitrogens with zero attached hydrogens (tertiary/aromatic N) is 2. The summed E-state index contributed by atoms with van der Waals surface area (Å²) in [6.07, 6.45) is -4.13. The van der Waals surface area contributed by atoms with Crippen molar-refractivity contribution in [3.05, 3.63) is 0 Å². The molecule has 1 heterocycles. The van der Waals surface area contributed by atoms with Gasteiger partial charge < -0.3 is 14.9 Å². The van der Waals surface area contributed by atoms with Gasteiger partial charge in [-0.25, -0.2) is 0 Å². The lowest BCUT2D eigenvalue weighted by atomic mass is 10.1. The van der Waals surface area contributed by atoms with Crippen LogP contribution in [0.3, 0.4) is 0 Å². The molecule has 0 aromatic heterocycles. The maximum atomic E-state index is 12.3. The lowest BCUT2D eigenvalue weighted by molar-refractivity contribution is -0.167. The zero-order chi connectivity index (χ0) is 13.9. The quantitative estimate of drug-likeness (QED) is 0.802. The number of amides is 1. The summed E-state index contributed by atoms with van der Waals surface area (Å²) in [5.74, 6) is -2.73. The standard InChI is InChI=1S/C10H15F3N2O3/c1-14-3-2-7(4-14)9(18)15(5-8(16)17)6-10(11,12)13/h7H,2-6H2,1H3,(H,16,17). The number of hydrogen-bond donors (Lipinski definition) is 1. The average Bonchev–Trinajstić information content (AvgIpc) is 2.59. The molecule has 1 atom stereocenters. The van der Waals surface area contributed by atoms with Crippen LogP contribution in [-0.4, -0.2) is 66.2 Å². The number of carboxylic acids is 1. The smallest absolute Gasteiger partial charge is 0.406 e. The van der Waals surface area contributed by atoms with Gasteiger partial charge in [0, 0.05) is 6.54 Å². The summed E-state index contributed by atoms with van der Waals surface area (Å²) in [6.45, 7) is -1.44. The van der Waals surface area contributed by atoms with Crippen LogP contribution in [0.5, 0.6) is 0 Å². The van der Waals surface area contributed by atoms with Crippen molar-refractivity contribution in [3.8, 4) is 0 Å². The molecule has 0 bridgehead atoms. The van der Waals surface area contributed by atoms with Crippen LogP contribution in [0.25, 0.3) is 0 Å². The largest absolute Gasteiger partial charge is 0.480 e. The topological polar surface area (TPSA) is 60.9 Å². The van der Waals surface area contributed by atoms with Crippen LogP contribution < -0.4 is 0 Å². The number of hydrogen-bond acceptors (Lipinski definition) is 3. The van der Waals surface area contributed by atoms with Crippen LogP contribution in [0.4, 0.5) is 13.2 Å². The summed E-state index contributed by atoms with van der Waals surface area (Å²) in [5.41, 5.74) is 0. The van der Waals surface area contributed by atoms with Gasteiger partial charge in [-0.05, 0) is 20.0 Å². The second-order valence-corrected chi connectivity index (χ2v) is 4.45. The van der Waals surface area contributed by atoms with E-state index in [1.165, 1.54) is 0 Å². The summed E-state index contributed by atoms with van der Waals surface area (Å²) < 4.78 is 36.8. The molecule has 18 heavy (non-hydrogen) atoms. The fraction of sp³-hybridized carbons (Fsp3) is 0.800. The Hall–Kier alpha value is -1.31. The average molecular weight is 268 g/mol. The van der Waals surface area contributed by atoms with Crippen molar-refractivity contribution in [2.45, 2.75) is 12.6 Å². The Bertz CT molecular complexity index is 333. The molecular weight excluding hydrogens is 253 g/mol. The molecule has 1 N–H and O–H groups in total. The number of alkyl halides is 3. The molecule has 1 amide bonds. The van der Waals surface area contributed by atoms with Crippen LogP contribution in [0.15, 0.2) is 0 Å². The third-order valence-electron chi connectivity index (χ3n) is 2.75. The van der Waals surface area contributed by atoms with Crippen molar-refractivity contribution in [2.24, 2.45) is 5.92 Å². The molecule has 1 fully saturated rings. The van der Waals surface area contributed by atoms with Crippen LogP contribution in [0, 0.1) is 5.92 Å². The number of carbonyl (C=O) groups is 2. The molecule has 8 heteroatoms. The molecule has 1 aliphatic rings. The van der Waals surface area contributed by atoms with Crippen molar-refractivity contribution in [1.82, 2.24) is 9.80 Å². The minimum Gasteiger partial charge on any atom is -0.480 e. The van der Waals surface area contributed by atoms with Crippen LogP contribution >= 0.6 is 0 Å². The summed E-state index contributed by atoms with van der Waals surface area (Å²) in [5, 5.41) is 8.55. The molecule has 1 unspecified atom stereocenters. The van der Waals surface area contributed by atoms with E-state index in [1.807, 2.05) is 4.90 Å². The normalized spacial score (nSPS) is 21.0. The van der Waals surface area contributed by atoms with Crippen molar-refractivity contribution >= 4 is 11.9 Å². The highest BCUT2D eigenvalue weighted by Gasteiger charge is 2.37. The Morgan fingerprint density at radius 1 is 1.44 bits per heavy atom. The number of carbonyl (C=O) groups excluding carboxylic acids is 1. The predicted molar refractivity (Wildman–Crippen MR) is 55.9 cm³/mol. The highest BCUT2D eigenvalue weighted by Crippen LogP contribution is 2.21. The van der Waals surface area contributed by atoms with Crippen molar-refractivity contribution < 1.29 is 27.9 Å². The Kier molecular flexibility index (Phi) is 4.55. The summed E-state index contributed by atoms with van der Waals surface area (Å²) in [4.78, 5) is 24.5. The first-order valence-corrected chi connectivity index (χ1v) is 5.45. The van der Waals surface area contributed by atoms with E-state index >= 15 is 0 Å². The molecule has 0 saturated carbocycles. The molecule has 5 nitrogen and oxygen atoms in total. The Balaban J connectivity index is 2.69. The molecule has 0 aliphatic carbocycles. The van der Waals surface area contributed by atoms with Crippen molar-refractivity contribution in [1.29, 1.82) is 0 Å². The Morgan fingerprint density at radius 2 is 2.06 bits per heavy atom. The molecule has 0 aromatic carbocycles. The lowest BCUT2D eigenvalue weighted by Crippen LogP contribution is -2.45. The minimum absolute atomic E-state index is 0.367. The van der Waals surface area contributed by atoms with Crippen LogP contribution in [0.2, 0.25) is 0 Å². The van der Waals surface area contributed by atoms with E-state index in [0.29, 0.717) is 24.4 Å². The third kappa shape index (κ3) is 4.52. The van der Waals surface area contributed by atoms with Gasteiger partial charge in [-0.3, -0.25) is 9.59 Å². The molecule has 0 aromatic rings. The van der Waals surface area contributed by atoms with E-state index in [4.69, 9.17) is 5.11 Å². The minimum atomic E-state index is -4.59. The molecular formula is C10H15F3N2O3. The molecule has 1 aliphatic heterocycles. The molecule has 104 valence electrons. The van der Waals surface area contributed by atoms with Gasteiger partial charge in [-0.2, -0.15) is 13.2 Å². The van der Waals surface area contributed by atoms with E-state index in [0.717, 1.165) is 0 Å². The number of rotatable bonds is 4. The first-order valence-electron chi connectivity index (χ1n) is 5.45. The SMILES string of the molecule is CN1CCC(C(=O)N(CC(=O)O)CC(F)(F)F)C1. The fourth-order valence-corrected chi connectivity index (χ4v) is 1.99. The molecule has 1 rings (SSSR count). The molecule has 1 saturated heterocycles. The number of aliphatic carboxylic acids is 1. The third-order valence-corrected chi connectivity index (χ3v) is 2.75. The van der Waals surface area contributed by atoms with E-state index < -0.39 is 37.1 Å². The highest BCUT2D eigenvalue weighted by atomic mass is 19.4. The first-order chi connectivity index (χ1) is 8.19. The monoisotopic (exact) mass is 268 g/mol. The zero-order valence-electron chi connectivity index (χ0n) is 9.90. The number of likely N-dealkylation sites (tertiary alicyclic amines) is 1. The molecule has 0 spiro atoms. The lowest BCUT2D eigenvalue weighted by Gasteiger charge is -2.24. The van der Waals surface area contributed by atoms with Gasteiger partial charge in [0.25, 0.3) is 0 Å². The first kappa shape index (κ1) is 14.7. The zero-order valence-corrected chi connectivity index (χ0v) is 9.90. The van der Waals surface area contributed by atoms with Gasteiger partial charge in [0.1, 0.15) is 13.1 Å². The van der Waals surface area contributed by atoms with E-state index in [2.05, 4.69) is 0 Å². The van der Waals surface area contributed by atoms with Gasteiger partial charge in [0.05, 0.1) is 5.92 Å². The van der Waals surface area contributed by atoms with Gasteiger partial charge in [-0.1, -0.05) is 0 Å². The van der Waals surface area contributed by atoms with Gasteiger partial charge in [-0.15, -0.1) is 0 Å². The summed E-state index contributed by atoms with van der Waals surface area (Å²) in [7, 11) is 1.76. The van der Waals surface area contributed by atoms with E-state index in [1.54, 1.807) is 7.05 Å². The summed E-state index contributed by atoms with van der Waals surface area (Å²) >= 11 is 0. The van der Waals surface area contributed by atoms with Gasteiger partial charge in [0.2, 0.25) is 5.91 Å². The number of halogens is 3. The van der Waals surface area contributed by atoms with Crippen molar-refractivity contribution in [2.75, 3.05) is 33.2 Å².